The molecule has 2 fully saturated rings. The lowest BCUT2D eigenvalue weighted by atomic mass is 9.97. The van der Waals surface area contributed by atoms with E-state index in [0.717, 1.165) is 32.4 Å². The smallest absolute Gasteiger partial charge is 0.323 e. The Balaban J connectivity index is 1.77. The highest BCUT2D eigenvalue weighted by molar-refractivity contribution is 7.83. The SMILES string of the molecule is CCOC(=O)C1(S)CCCN(CCOC(=O)[C@@]2(S)CCCNC2)C1. The van der Waals surface area contributed by atoms with E-state index in [1.807, 2.05) is 0 Å². The van der Waals surface area contributed by atoms with E-state index in [2.05, 4.69) is 35.5 Å². The van der Waals surface area contributed by atoms with Crippen LogP contribution in [0.25, 0.3) is 0 Å². The Kier molecular flexibility index (Phi) is 7.27. The van der Waals surface area contributed by atoms with Gasteiger partial charge in [-0.1, -0.05) is 0 Å². The molecule has 0 saturated carbocycles. The molecule has 2 atom stereocenters. The molecule has 2 saturated heterocycles. The second-order valence-electron chi connectivity index (χ2n) is 6.58. The quantitative estimate of drug-likeness (QED) is 0.473. The predicted molar refractivity (Wildman–Crippen MR) is 98.8 cm³/mol. The number of hydrogen-bond acceptors (Lipinski definition) is 8. The van der Waals surface area contributed by atoms with Gasteiger partial charge >= 0.3 is 11.9 Å². The van der Waals surface area contributed by atoms with Crippen molar-refractivity contribution in [2.24, 2.45) is 0 Å². The number of piperidine rings is 2. The van der Waals surface area contributed by atoms with Gasteiger partial charge in [0, 0.05) is 19.6 Å². The second-order valence-corrected chi connectivity index (χ2v) is 8.29. The van der Waals surface area contributed by atoms with Gasteiger partial charge in [-0.2, -0.15) is 25.3 Å². The van der Waals surface area contributed by atoms with Crippen molar-refractivity contribution in [1.82, 2.24) is 10.2 Å². The van der Waals surface area contributed by atoms with Crippen molar-refractivity contribution >= 4 is 37.2 Å². The van der Waals surface area contributed by atoms with Crippen LogP contribution in [0.2, 0.25) is 0 Å². The van der Waals surface area contributed by atoms with Crippen LogP contribution in [0.3, 0.4) is 0 Å². The largest absolute Gasteiger partial charge is 0.465 e. The summed E-state index contributed by atoms with van der Waals surface area (Å²) in [6, 6.07) is 0. The molecule has 2 rings (SSSR count). The Hall–Kier alpha value is -0.440. The third-order valence-corrected chi connectivity index (χ3v) is 5.70. The molecule has 0 spiro atoms. The Morgan fingerprint density at radius 3 is 2.50 bits per heavy atom. The van der Waals surface area contributed by atoms with Gasteiger partial charge in [0.25, 0.3) is 0 Å². The zero-order valence-corrected chi connectivity index (χ0v) is 16.0. The highest BCUT2D eigenvalue weighted by atomic mass is 32.1. The third kappa shape index (κ3) is 5.03. The number of carbonyl (C=O) groups is 2. The van der Waals surface area contributed by atoms with Crippen LogP contribution in [0.5, 0.6) is 0 Å². The van der Waals surface area contributed by atoms with Crippen molar-refractivity contribution in [1.29, 1.82) is 0 Å². The summed E-state index contributed by atoms with van der Waals surface area (Å²) in [6.07, 6.45) is 3.23. The number of thiol groups is 2. The van der Waals surface area contributed by atoms with E-state index in [-0.39, 0.29) is 11.9 Å². The van der Waals surface area contributed by atoms with Crippen molar-refractivity contribution in [2.75, 3.05) is 45.9 Å². The number of likely N-dealkylation sites (tertiary alicyclic amines) is 1. The molecule has 0 aromatic rings. The maximum Gasteiger partial charge on any atom is 0.323 e. The van der Waals surface area contributed by atoms with Gasteiger partial charge in [-0.15, -0.1) is 0 Å². The van der Waals surface area contributed by atoms with E-state index in [1.165, 1.54) is 0 Å². The summed E-state index contributed by atoms with van der Waals surface area (Å²) in [5.74, 6) is -0.532. The van der Waals surface area contributed by atoms with Crippen molar-refractivity contribution in [3.63, 3.8) is 0 Å². The number of nitrogens with zero attached hydrogens (tertiary/aromatic N) is 1. The Morgan fingerprint density at radius 2 is 1.83 bits per heavy atom. The van der Waals surface area contributed by atoms with Crippen LogP contribution in [0.15, 0.2) is 0 Å². The van der Waals surface area contributed by atoms with Gasteiger partial charge in [0.15, 0.2) is 0 Å². The lowest BCUT2D eigenvalue weighted by Gasteiger charge is -2.37. The lowest BCUT2D eigenvalue weighted by Crippen LogP contribution is -2.51. The molecule has 0 aromatic carbocycles. The highest BCUT2D eigenvalue weighted by Gasteiger charge is 2.41. The van der Waals surface area contributed by atoms with Gasteiger partial charge in [0.2, 0.25) is 0 Å². The van der Waals surface area contributed by atoms with Crippen LogP contribution in [0.4, 0.5) is 0 Å². The van der Waals surface area contributed by atoms with Crippen LogP contribution in [0.1, 0.15) is 32.6 Å². The first-order valence-corrected chi connectivity index (χ1v) is 9.51. The van der Waals surface area contributed by atoms with Gasteiger partial charge in [0.1, 0.15) is 16.1 Å². The molecule has 1 unspecified atom stereocenters. The number of carbonyl (C=O) groups excluding carboxylic acids is 2. The molecule has 2 aliphatic rings. The van der Waals surface area contributed by atoms with E-state index < -0.39 is 9.49 Å². The van der Waals surface area contributed by atoms with Gasteiger partial charge in [0.05, 0.1) is 6.61 Å². The van der Waals surface area contributed by atoms with Gasteiger partial charge in [-0.3, -0.25) is 14.5 Å². The number of ether oxygens (including phenoxy) is 2. The summed E-state index contributed by atoms with van der Waals surface area (Å²) in [5.41, 5.74) is 0. The third-order valence-electron chi connectivity index (χ3n) is 4.59. The first-order valence-electron chi connectivity index (χ1n) is 8.62. The fraction of sp³-hybridized carbons (Fsp3) is 0.875. The molecule has 0 radical (unpaired) electrons. The number of nitrogens with one attached hydrogen (secondary N) is 1. The molecule has 138 valence electrons. The highest BCUT2D eigenvalue weighted by Crippen LogP contribution is 2.29. The fourth-order valence-corrected chi connectivity index (χ4v) is 3.97. The molecule has 0 bridgehead atoms. The van der Waals surface area contributed by atoms with Crippen molar-refractivity contribution < 1.29 is 19.1 Å². The van der Waals surface area contributed by atoms with Crippen LogP contribution in [0, 0.1) is 0 Å². The first-order chi connectivity index (χ1) is 11.4. The van der Waals surface area contributed by atoms with Gasteiger partial charge in [-0.05, 0) is 45.7 Å². The molecule has 2 heterocycles. The van der Waals surface area contributed by atoms with Gasteiger partial charge in [-0.25, -0.2) is 0 Å². The van der Waals surface area contributed by atoms with Crippen LogP contribution in [-0.2, 0) is 19.1 Å². The van der Waals surface area contributed by atoms with Crippen LogP contribution >= 0.6 is 25.3 Å². The maximum absolute atomic E-state index is 12.2. The number of hydrogen-bond donors (Lipinski definition) is 3. The second kappa shape index (κ2) is 8.78. The molecule has 24 heavy (non-hydrogen) atoms. The lowest BCUT2D eigenvalue weighted by molar-refractivity contribution is -0.150. The Bertz CT molecular complexity index is 457. The average molecular weight is 377 g/mol. The molecule has 2 aliphatic heterocycles. The monoisotopic (exact) mass is 376 g/mol. The fourth-order valence-electron chi connectivity index (χ4n) is 3.21. The van der Waals surface area contributed by atoms with Crippen molar-refractivity contribution in [3.8, 4) is 0 Å². The topological polar surface area (TPSA) is 67.9 Å². The normalized spacial score (nSPS) is 31.5. The summed E-state index contributed by atoms with van der Waals surface area (Å²) in [6.45, 7) is 5.88. The minimum absolute atomic E-state index is 0.266. The number of esters is 2. The Morgan fingerprint density at radius 1 is 1.12 bits per heavy atom. The van der Waals surface area contributed by atoms with E-state index >= 15 is 0 Å². The molecular formula is C16H28N2O4S2. The summed E-state index contributed by atoms with van der Waals surface area (Å²) in [5, 5.41) is 3.18. The summed E-state index contributed by atoms with van der Waals surface area (Å²) in [4.78, 5) is 26.4. The van der Waals surface area contributed by atoms with E-state index in [0.29, 0.717) is 39.3 Å². The zero-order chi connectivity index (χ0) is 17.6. The van der Waals surface area contributed by atoms with Crippen LogP contribution in [-0.4, -0.2) is 72.3 Å². The molecule has 0 aliphatic carbocycles. The first kappa shape index (κ1) is 19.9. The van der Waals surface area contributed by atoms with E-state index in [4.69, 9.17) is 9.47 Å². The molecule has 0 aromatic heterocycles. The molecule has 8 heteroatoms. The van der Waals surface area contributed by atoms with E-state index in [9.17, 15) is 9.59 Å². The maximum atomic E-state index is 12.2. The summed E-state index contributed by atoms with van der Waals surface area (Å²) >= 11 is 9.05. The Labute approximate surface area is 154 Å². The zero-order valence-electron chi connectivity index (χ0n) is 14.3. The standard InChI is InChI=1S/C16H28N2O4S2/c1-2-21-14(20)16(24)6-4-8-18(12-16)9-10-22-13(19)15(23)5-3-7-17-11-15/h17,23-24H,2-12H2,1H3/t15-,16?/m1/s1. The van der Waals surface area contributed by atoms with Crippen LogP contribution < -0.4 is 5.32 Å². The molecule has 6 nitrogen and oxygen atoms in total. The van der Waals surface area contributed by atoms with E-state index in [1.54, 1.807) is 6.92 Å². The van der Waals surface area contributed by atoms with Crippen molar-refractivity contribution in [2.45, 2.75) is 42.1 Å². The minimum atomic E-state index is -0.768. The summed E-state index contributed by atoms with van der Waals surface area (Å²) in [7, 11) is 0. The molecular weight excluding hydrogens is 348 g/mol. The van der Waals surface area contributed by atoms with Crippen molar-refractivity contribution in [3.05, 3.63) is 0 Å². The predicted octanol–water partition coefficient (Wildman–Crippen LogP) is 0.909. The minimum Gasteiger partial charge on any atom is -0.465 e. The average Bonchev–Trinajstić information content (AvgIpc) is 2.56. The number of rotatable bonds is 6. The van der Waals surface area contributed by atoms with Gasteiger partial charge < -0.3 is 14.8 Å². The summed E-state index contributed by atoms with van der Waals surface area (Å²) < 4.78 is 9.06. The molecule has 0 amide bonds. The molecule has 1 N–H and O–H groups in total.